The van der Waals surface area contributed by atoms with Crippen LogP contribution in [0.1, 0.15) is 61.9 Å². The maximum atomic E-state index is 11.8. The second-order valence-corrected chi connectivity index (χ2v) is 5.96. The van der Waals surface area contributed by atoms with E-state index in [-0.39, 0.29) is 12.7 Å². The van der Waals surface area contributed by atoms with E-state index in [0.29, 0.717) is 12.0 Å². The summed E-state index contributed by atoms with van der Waals surface area (Å²) in [5.41, 5.74) is 1.46. The van der Waals surface area contributed by atoms with Crippen molar-refractivity contribution in [1.29, 1.82) is 0 Å². The van der Waals surface area contributed by atoms with Crippen molar-refractivity contribution in [3.8, 4) is 0 Å². The molecule has 0 aromatic heterocycles. The molecule has 0 radical (unpaired) electrons. The van der Waals surface area contributed by atoms with Gasteiger partial charge in [0.15, 0.2) is 0 Å². The van der Waals surface area contributed by atoms with Gasteiger partial charge in [0.05, 0.1) is 23.3 Å². The molecule has 1 aromatic carbocycles. The Morgan fingerprint density at radius 3 is 2.42 bits per heavy atom. The molecule has 0 aliphatic heterocycles. The highest BCUT2D eigenvalue weighted by atomic mass is 17.5. The Hall–Kier alpha value is -2.12. The first kappa shape index (κ1) is 21.9. The van der Waals surface area contributed by atoms with Crippen LogP contribution in [0.15, 0.2) is 24.3 Å². The van der Waals surface area contributed by atoms with Gasteiger partial charge in [0.2, 0.25) is 0 Å². The van der Waals surface area contributed by atoms with Crippen LogP contribution in [0.3, 0.4) is 0 Å². The van der Waals surface area contributed by atoms with Gasteiger partial charge in [-0.25, -0.2) is 14.5 Å². The summed E-state index contributed by atoms with van der Waals surface area (Å²) in [5, 5.41) is 4.16. The second-order valence-electron chi connectivity index (χ2n) is 5.96. The summed E-state index contributed by atoms with van der Waals surface area (Å²) in [5.74, 6) is -0.761. The van der Waals surface area contributed by atoms with Crippen molar-refractivity contribution in [3.05, 3.63) is 35.4 Å². The van der Waals surface area contributed by atoms with Crippen LogP contribution >= 0.6 is 0 Å². The highest BCUT2D eigenvalue weighted by molar-refractivity contribution is 5.88. The van der Waals surface area contributed by atoms with E-state index in [1.165, 1.54) is 19.3 Å². The molecule has 0 fully saturated rings. The van der Waals surface area contributed by atoms with Crippen molar-refractivity contribution in [2.24, 2.45) is 0 Å². The minimum Gasteiger partial charge on any atom is -0.432 e. The number of carbonyl (C=O) groups is 2. The van der Waals surface area contributed by atoms with Gasteiger partial charge in [-0.2, -0.15) is 0 Å². The Labute approximate surface area is 154 Å². The van der Waals surface area contributed by atoms with Gasteiger partial charge < -0.3 is 9.47 Å². The van der Waals surface area contributed by atoms with Crippen LogP contribution in [0.2, 0.25) is 0 Å². The highest BCUT2D eigenvalue weighted by Crippen LogP contribution is 2.11. The number of methoxy groups -OCH3 is 1. The van der Waals surface area contributed by atoms with E-state index in [9.17, 15) is 9.59 Å². The van der Waals surface area contributed by atoms with Crippen LogP contribution < -0.4 is 0 Å². The van der Waals surface area contributed by atoms with Gasteiger partial charge in [-0.05, 0) is 37.5 Å². The Kier molecular flexibility index (Phi) is 11.1. The van der Waals surface area contributed by atoms with E-state index in [1.807, 2.05) is 19.1 Å². The Balaban J connectivity index is 2.23. The number of hydrogen-bond donors (Lipinski definition) is 0. The maximum absolute atomic E-state index is 11.8. The van der Waals surface area contributed by atoms with Gasteiger partial charge in [-0.1, -0.05) is 38.3 Å². The lowest BCUT2D eigenvalue weighted by Crippen LogP contribution is -2.15. The van der Waals surface area contributed by atoms with Crippen molar-refractivity contribution >= 4 is 12.1 Å². The molecule has 0 bridgehead atoms. The third kappa shape index (κ3) is 9.39. The standard InChI is InChI=1S/C19H28O7/c1-4-5-6-7-8-16-9-11-17(12-10-16)18(20)24-26-25-19(21)23-14-13-15(2)22-3/h9-12,15H,4-8,13-14H2,1-3H3. The largest absolute Gasteiger partial charge is 0.543 e. The van der Waals surface area contributed by atoms with Crippen LogP contribution in [0, 0.1) is 0 Å². The number of aryl methyl sites for hydroxylation is 1. The lowest BCUT2D eigenvalue weighted by Gasteiger charge is -2.08. The summed E-state index contributed by atoms with van der Waals surface area (Å²) in [7, 11) is 1.56. The molecular formula is C19H28O7. The summed E-state index contributed by atoms with van der Waals surface area (Å²) in [6.45, 7) is 4.11. The monoisotopic (exact) mass is 368 g/mol. The third-order valence-corrected chi connectivity index (χ3v) is 3.87. The molecule has 1 aromatic rings. The Bertz CT molecular complexity index is 527. The maximum Gasteiger partial charge on any atom is 0.543 e. The van der Waals surface area contributed by atoms with Crippen LogP contribution in [-0.4, -0.2) is 31.9 Å². The molecule has 1 rings (SSSR count). The molecule has 1 unspecified atom stereocenters. The Morgan fingerprint density at radius 2 is 1.77 bits per heavy atom. The normalized spacial score (nSPS) is 11.7. The molecule has 0 spiro atoms. The molecule has 146 valence electrons. The number of hydrogen-bond acceptors (Lipinski definition) is 7. The van der Waals surface area contributed by atoms with Crippen molar-refractivity contribution in [2.75, 3.05) is 13.7 Å². The molecule has 26 heavy (non-hydrogen) atoms. The van der Waals surface area contributed by atoms with Gasteiger partial charge in [-0.3, -0.25) is 4.89 Å². The highest BCUT2D eigenvalue weighted by Gasteiger charge is 2.12. The first-order valence-electron chi connectivity index (χ1n) is 8.90. The van der Waals surface area contributed by atoms with Gasteiger partial charge >= 0.3 is 12.1 Å². The van der Waals surface area contributed by atoms with E-state index in [1.54, 1.807) is 19.2 Å². The van der Waals surface area contributed by atoms with E-state index >= 15 is 0 Å². The smallest absolute Gasteiger partial charge is 0.432 e. The fourth-order valence-corrected chi connectivity index (χ4v) is 2.14. The molecule has 0 N–H and O–H groups in total. The predicted octanol–water partition coefficient (Wildman–Crippen LogP) is 4.39. The molecule has 0 saturated carbocycles. The first-order chi connectivity index (χ1) is 12.6. The molecule has 0 aliphatic rings. The van der Waals surface area contributed by atoms with Crippen LogP contribution in [-0.2, 0) is 30.7 Å². The van der Waals surface area contributed by atoms with Crippen LogP contribution in [0.4, 0.5) is 4.79 Å². The van der Waals surface area contributed by atoms with Crippen LogP contribution in [0.25, 0.3) is 0 Å². The van der Waals surface area contributed by atoms with Crippen molar-refractivity contribution in [3.63, 3.8) is 0 Å². The topological polar surface area (TPSA) is 80.3 Å². The quantitative estimate of drug-likeness (QED) is 0.234. The first-order valence-corrected chi connectivity index (χ1v) is 8.90. The van der Waals surface area contributed by atoms with E-state index in [4.69, 9.17) is 9.47 Å². The number of rotatable bonds is 12. The van der Waals surface area contributed by atoms with E-state index in [2.05, 4.69) is 21.7 Å². The summed E-state index contributed by atoms with van der Waals surface area (Å²) in [4.78, 5) is 31.6. The summed E-state index contributed by atoms with van der Waals surface area (Å²) in [6.07, 6.45) is 5.10. The van der Waals surface area contributed by atoms with Crippen LogP contribution in [0.5, 0.6) is 0 Å². The zero-order chi connectivity index (χ0) is 19.2. The minimum atomic E-state index is -1.09. The number of carbonyl (C=O) groups excluding carboxylic acids is 2. The van der Waals surface area contributed by atoms with Gasteiger partial charge in [-0.15, -0.1) is 0 Å². The Morgan fingerprint density at radius 1 is 1.04 bits per heavy atom. The number of benzene rings is 1. The molecule has 7 heteroatoms. The van der Waals surface area contributed by atoms with Crippen molar-refractivity contribution in [1.82, 2.24) is 0 Å². The molecule has 7 nitrogen and oxygen atoms in total. The zero-order valence-corrected chi connectivity index (χ0v) is 15.7. The predicted molar refractivity (Wildman–Crippen MR) is 94.3 cm³/mol. The number of unbranched alkanes of at least 4 members (excludes halogenated alkanes) is 3. The fraction of sp³-hybridized carbons (Fsp3) is 0.579. The average Bonchev–Trinajstić information content (AvgIpc) is 2.65. The third-order valence-electron chi connectivity index (χ3n) is 3.87. The van der Waals surface area contributed by atoms with Gasteiger partial charge in [0, 0.05) is 13.5 Å². The second kappa shape index (κ2) is 13.1. The molecule has 0 aliphatic carbocycles. The molecule has 1 atom stereocenters. The number of ether oxygens (including phenoxy) is 2. The van der Waals surface area contributed by atoms with Crippen molar-refractivity contribution < 1.29 is 33.9 Å². The zero-order valence-electron chi connectivity index (χ0n) is 15.7. The van der Waals surface area contributed by atoms with Gasteiger partial charge in [0.25, 0.3) is 0 Å². The molecule has 0 saturated heterocycles. The molecule has 0 amide bonds. The molecule has 0 heterocycles. The average molecular weight is 368 g/mol. The summed E-state index contributed by atoms with van der Waals surface area (Å²) >= 11 is 0. The fourth-order valence-electron chi connectivity index (χ4n) is 2.14. The van der Waals surface area contributed by atoms with E-state index < -0.39 is 12.1 Å². The van der Waals surface area contributed by atoms with Gasteiger partial charge in [0.1, 0.15) is 0 Å². The van der Waals surface area contributed by atoms with Crippen molar-refractivity contribution in [2.45, 2.75) is 58.5 Å². The minimum absolute atomic E-state index is 0.0452. The molecular weight excluding hydrogens is 340 g/mol. The summed E-state index contributed by atoms with van der Waals surface area (Å²) < 4.78 is 9.72. The lowest BCUT2D eigenvalue weighted by atomic mass is 10.0. The SMILES string of the molecule is CCCCCCc1ccc(C(=O)OOOC(=O)OCCC(C)OC)cc1. The lowest BCUT2D eigenvalue weighted by molar-refractivity contribution is -0.452. The van der Waals surface area contributed by atoms with E-state index in [0.717, 1.165) is 18.4 Å². The summed E-state index contributed by atoms with van der Waals surface area (Å²) in [6, 6.07) is 7.03.